The van der Waals surface area contributed by atoms with Gasteiger partial charge in [0.2, 0.25) is 10.0 Å². The lowest BCUT2D eigenvalue weighted by Crippen LogP contribution is -2.32. The largest absolute Gasteiger partial charge is 0.322 e. The Morgan fingerprint density at radius 3 is 2.56 bits per heavy atom. The molecule has 1 aromatic heterocycles. The number of aromatic nitrogens is 3. The first-order chi connectivity index (χ1) is 15.5. The van der Waals surface area contributed by atoms with Gasteiger partial charge in [-0.05, 0) is 56.0 Å². The Kier molecular flexibility index (Phi) is 5.52. The average molecular weight is 452 g/mol. The maximum Gasteiger partial charge on any atom is 0.255 e. The second-order valence-electron chi connectivity index (χ2n) is 8.48. The first-order valence-corrected chi connectivity index (χ1v) is 12.4. The Hall–Kier alpha value is -3.04. The molecule has 0 aliphatic heterocycles. The van der Waals surface area contributed by atoms with Crippen molar-refractivity contribution in [1.82, 2.24) is 19.9 Å². The molecule has 0 unspecified atom stereocenters. The van der Waals surface area contributed by atoms with Gasteiger partial charge in [0.15, 0.2) is 5.82 Å². The van der Waals surface area contributed by atoms with Crippen LogP contribution in [0.1, 0.15) is 60.6 Å². The van der Waals surface area contributed by atoms with E-state index in [0.29, 0.717) is 17.4 Å². The molecule has 0 saturated heterocycles. The van der Waals surface area contributed by atoms with Crippen LogP contribution >= 0.6 is 0 Å². The summed E-state index contributed by atoms with van der Waals surface area (Å²) in [6, 6.07) is 13.4. The SMILES string of the molecule is O=C(Nc1cccc(-c2n[nH]c(C3CC3)n2)c1)c1cccc(S(=O)(=O)NC2CCCC2)c1. The minimum Gasteiger partial charge on any atom is -0.322 e. The smallest absolute Gasteiger partial charge is 0.255 e. The number of hydrogen-bond donors (Lipinski definition) is 3. The molecule has 8 nitrogen and oxygen atoms in total. The van der Waals surface area contributed by atoms with E-state index >= 15 is 0 Å². The van der Waals surface area contributed by atoms with Crippen LogP contribution < -0.4 is 10.0 Å². The molecule has 3 aromatic rings. The monoisotopic (exact) mass is 451 g/mol. The van der Waals surface area contributed by atoms with Crippen LogP contribution in [0, 0.1) is 0 Å². The zero-order chi connectivity index (χ0) is 22.1. The van der Waals surface area contributed by atoms with Gasteiger partial charge in [-0.3, -0.25) is 9.89 Å². The summed E-state index contributed by atoms with van der Waals surface area (Å²) in [6.07, 6.45) is 6.03. The highest BCUT2D eigenvalue weighted by Gasteiger charge is 2.27. The lowest BCUT2D eigenvalue weighted by molar-refractivity contribution is 0.102. The number of aromatic amines is 1. The van der Waals surface area contributed by atoms with E-state index in [0.717, 1.165) is 49.9 Å². The van der Waals surface area contributed by atoms with Gasteiger partial charge in [0.05, 0.1) is 4.90 Å². The Balaban J connectivity index is 1.31. The summed E-state index contributed by atoms with van der Waals surface area (Å²) < 4.78 is 28.2. The van der Waals surface area contributed by atoms with Crippen LogP contribution in [-0.4, -0.2) is 35.5 Å². The van der Waals surface area contributed by atoms with Crippen LogP contribution in [0.25, 0.3) is 11.4 Å². The zero-order valence-electron chi connectivity index (χ0n) is 17.5. The molecule has 2 aliphatic rings. The number of rotatable bonds is 7. The lowest BCUT2D eigenvalue weighted by Gasteiger charge is -2.13. The molecule has 32 heavy (non-hydrogen) atoms. The number of H-pyrrole nitrogens is 1. The summed E-state index contributed by atoms with van der Waals surface area (Å²) in [7, 11) is -3.67. The molecule has 0 radical (unpaired) electrons. The van der Waals surface area contributed by atoms with E-state index in [1.54, 1.807) is 24.3 Å². The van der Waals surface area contributed by atoms with Gasteiger partial charge < -0.3 is 5.32 Å². The predicted octanol–water partition coefficient (Wildman–Crippen LogP) is 3.82. The Bertz CT molecular complexity index is 1240. The molecule has 166 valence electrons. The zero-order valence-corrected chi connectivity index (χ0v) is 18.4. The van der Waals surface area contributed by atoms with Crippen molar-refractivity contribution in [3.63, 3.8) is 0 Å². The molecule has 1 heterocycles. The summed E-state index contributed by atoms with van der Waals surface area (Å²) in [6.45, 7) is 0. The molecule has 2 fully saturated rings. The van der Waals surface area contributed by atoms with E-state index in [1.807, 2.05) is 12.1 Å². The number of anilines is 1. The van der Waals surface area contributed by atoms with Crippen molar-refractivity contribution >= 4 is 21.6 Å². The normalized spacial score (nSPS) is 16.9. The van der Waals surface area contributed by atoms with Gasteiger partial charge in [-0.15, -0.1) is 0 Å². The molecule has 2 aliphatic carbocycles. The first kappa shape index (κ1) is 20.8. The van der Waals surface area contributed by atoms with Crippen molar-refractivity contribution in [2.45, 2.75) is 55.4 Å². The molecule has 3 N–H and O–H groups in total. The first-order valence-electron chi connectivity index (χ1n) is 10.9. The van der Waals surface area contributed by atoms with Crippen molar-refractivity contribution in [1.29, 1.82) is 0 Å². The van der Waals surface area contributed by atoms with E-state index in [2.05, 4.69) is 25.2 Å². The maximum absolute atomic E-state index is 12.8. The average Bonchev–Trinajstić information content (AvgIpc) is 3.29. The number of carbonyl (C=O) groups is 1. The number of nitrogens with zero attached hydrogens (tertiary/aromatic N) is 2. The topological polar surface area (TPSA) is 117 Å². The van der Waals surface area contributed by atoms with Gasteiger partial charge in [-0.1, -0.05) is 31.0 Å². The summed E-state index contributed by atoms with van der Waals surface area (Å²) in [5.74, 6) is 1.59. The van der Waals surface area contributed by atoms with Crippen LogP contribution in [0.2, 0.25) is 0 Å². The standard InChI is InChI=1S/C23H25N5O3S/c29-23(17-6-4-10-20(14-17)32(30,31)28-18-7-1-2-8-18)24-19-9-3-5-16(13-19)22-25-21(26-27-22)15-11-12-15/h3-6,9-10,13-15,18,28H,1-2,7-8,11-12H2,(H,24,29)(H,25,26,27). The van der Waals surface area contributed by atoms with Crippen LogP contribution in [0.3, 0.4) is 0 Å². The molecule has 5 rings (SSSR count). The van der Waals surface area contributed by atoms with E-state index in [1.165, 1.54) is 12.1 Å². The van der Waals surface area contributed by atoms with Gasteiger partial charge in [0, 0.05) is 28.8 Å². The number of hydrogen-bond acceptors (Lipinski definition) is 5. The summed E-state index contributed by atoms with van der Waals surface area (Å²) in [5.41, 5.74) is 1.66. The molecule has 0 atom stereocenters. The minimum absolute atomic E-state index is 0.0312. The lowest BCUT2D eigenvalue weighted by atomic mass is 10.1. The molecular formula is C23H25N5O3S. The molecule has 2 aromatic carbocycles. The molecule has 9 heteroatoms. The van der Waals surface area contributed by atoms with Crippen molar-refractivity contribution in [2.75, 3.05) is 5.32 Å². The van der Waals surface area contributed by atoms with E-state index in [-0.39, 0.29) is 22.4 Å². The fourth-order valence-corrected chi connectivity index (χ4v) is 5.37. The number of amides is 1. The number of nitrogens with one attached hydrogen (secondary N) is 3. The van der Waals surface area contributed by atoms with E-state index in [9.17, 15) is 13.2 Å². The Morgan fingerprint density at radius 2 is 1.78 bits per heavy atom. The van der Waals surface area contributed by atoms with Crippen LogP contribution in [0.15, 0.2) is 53.4 Å². The van der Waals surface area contributed by atoms with E-state index < -0.39 is 10.0 Å². The highest BCUT2D eigenvalue weighted by atomic mass is 32.2. The maximum atomic E-state index is 12.8. The fourth-order valence-electron chi connectivity index (χ4n) is 4.02. The van der Waals surface area contributed by atoms with Crippen molar-refractivity contribution in [3.8, 4) is 11.4 Å². The molecule has 0 bridgehead atoms. The van der Waals surface area contributed by atoms with Crippen LogP contribution in [0.5, 0.6) is 0 Å². The van der Waals surface area contributed by atoms with Gasteiger partial charge >= 0.3 is 0 Å². The van der Waals surface area contributed by atoms with Crippen LogP contribution in [-0.2, 0) is 10.0 Å². The quantitative estimate of drug-likeness (QED) is 0.505. The third kappa shape index (κ3) is 4.58. The van der Waals surface area contributed by atoms with Gasteiger partial charge in [0.1, 0.15) is 5.82 Å². The number of benzene rings is 2. The van der Waals surface area contributed by atoms with Crippen molar-refractivity contribution in [2.24, 2.45) is 0 Å². The Morgan fingerprint density at radius 1 is 1.00 bits per heavy atom. The summed E-state index contributed by atoms with van der Waals surface area (Å²) in [4.78, 5) is 17.5. The van der Waals surface area contributed by atoms with Crippen molar-refractivity contribution in [3.05, 3.63) is 59.9 Å². The molecule has 0 spiro atoms. The molecule has 1 amide bonds. The molecule has 2 saturated carbocycles. The predicted molar refractivity (Wildman–Crippen MR) is 121 cm³/mol. The fraction of sp³-hybridized carbons (Fsp3) is 0.348. The second-order valence-corrected chi connectivity index (χ2v) is 10.2. The molecular weight excluding hydrogens is 426 g/mol. The highest BCUT2D eigenvalue weighted by molar-refractivity contribution is 7.89. The van der Waals surface area contributed by atoms with Gasteiger partial charge in [0.25, 0.3) is 5.91 Å². The summed E-state index contributed by atoms with van der Waals surface area (Å²) in [5, 5.41) is 10.1. The Labute approximate surface area is 186 Å². The van der Waals surface area contributed by atoms with E-state index in [4.69, 9.17) is 0 Å². The highest BCUT2D eigenvalue weighted by Crippen LogP contribution is 2.38. The van der Waals surface area contributed by atoms with Crippen LogP contribution in [0.4, 0.5) is 5.69 Å². The van der Waals surface area contributed by atoms with Gasteiger partial charge in [-0.25, -0.2) is 18.1 Å². The number of carbonyl (C=O) groups excluding carboxylic acids is 1. The van der Waals surface area contributed by atoms with Gasteiger partial charge in [-0.2, -0.15) is 5.10 Å². The van der Waals surface area contributed by atoms with Crippen molar-refractivity contribution < 1.29 is 13.2 Å². The summed E-state index contributed by atoms with van der Waals surface area (Å²) >= 11 is 0. The number of sulfonamides is 1. The second kappa shape index (κ2) is 8.48. The third-order valence-corrected chi connectivity index (χ3v) is 7.45. The minimum atomic E-state index is -3.67. The third-order valence-electron chi connectivity index (χ3n) is 5.93.